The molecule has 0 saturated carbocycles. The molecule has 2 aromatic rings. The van der Waals surface area contributed by atoms with Crippen molar-refractivity contribution in [1.29, 1.82) is 0 Å². The van der Waals surface area contributed by atoms with Gasteiger partial charge in [-0.15, -0.1) is 0 Å². The van der Waals surface area contributed by atoms with Crippen LogP contribution < -0.4 is 20.3 Å². The highest BCUT2D eigenvalue weighted by Crippen LogP contribution is 2.20. The molecule has 3 rings (SSSR count). The lowest BCUT2D eigenvalue weighted by atomic mass is 9.97. The van der Waals surface area contributed by atoms with Gasteiger partial charge in [0.05, 0.1) is 7.11 Å². The lowest BCUT2D eigenvalue weighted by Gasteiger charge is -2.31. The zero-order valence-corrected chi connectivity index (χ0v) is 14.3. The van der Waals surface area contributed by atoms with E-state index in [0.717, 1.165) is 31.9 Å². The van der Waals surface area contributed by atoms with Gasteiger partial charge in [-0.3, -0.25) is 0 Å². The van der Waals surface area contributed by atoms with Crippen LogP contribution in [-0.4, -0.2) is 42.7 Å². The number of nitrogens with zero attached hydrogens (tertiary/aromatic N) is 3. The van der Waals surface area contributed by atoms with E-state index < -0.39 is 0 Å². The summed E-state index contributed by atoms with van der Waals surface area (Å²) in [6, 6.07) is 8.94. The van der Waals surface area contributed by atoms with E-state index in [1.807, 2.05) is 24.3 Å². The van der Waals surface area contributed by atoms with E-state index in [2.05, 4.69) is 25.5 Å². The van der Waals surface area contributed by atoms with Crippen LogP contribution in [0, 0.1) is 5.92 Å². The lowest BCUT2D eigenvalue weighted by Crippen LogP contribution is -2.40. The molecule has 2 heterocycles. The third kappa shape index (κ3) is 4.82. The van der Waals surface area contributed by atoms with Gasteiger partial charge in [-0.05, 0) is 37.0 Å². The third-order valence-corrected chi connectivity index (χ3v) is 4.33. The fourth-order valence-corrected chi connectivity index (χ4v) is 2.90. The molecule has 0 bridgehead atoms. The summed E-state index contributed by atoms with van der Waals surface area (Å²) in [4.78, 5) is 22.8. The molecule has 1 saturated heterocycles. The zero-order chi connectivity index (χ0) is 17.5. The molecule has 7 nitrogen and oxygen atoms in total. The molecule has 7 heteroatoms. The number of aromatic nitrogens is 2. The minimum atomic E-state index is -0.193. The Morgan fingerprint density at radius 3 is 2.72 bits per heavy atom. The molecule has 1 aliphatic rings. The smallest absolute Gasteiger partial charge is 0.319 e. The minimum absolute atomic E-state index is 0.193. The summed E-state index contributed by atoms with van der Waals surface area (Å²) < 4.78 is 5.15. The van der Waals surface area contributed by atoms with Crippen LogP contribution in [0.1, 0.15) is 12.8 Å². The van der Waals surface area contributed by atoms with Crippen molar-refractivity contribution in [2.75, 3.05) is 37.0 Å². The second kappa shape index (κ2) is 8.32. The SMILES string of the molecule is COc1cccc(NC(=O)NCC2CCN(c3ncccn3)CC2)c1. The Labute approximate surface area is 147 Å². The van der Waals surface area contributed by atoms with Gasteiger partial charge < -0.3 is 20.3 Å². The maximum atomic E-state index is 12.0. The molecular formula is C18H23N5O2. The van der Waals surface area contributed by atoms with Crippen LogP contribution in [-0.2, 0) is 0 Å². The molecular weight excluding hydrogens is 318 g/mol. The van der Waals surface area contributed by atoms with Gasteiger partial charge in [-0.1, -0.05) is 6.07 Å². The van der Waals surface area contributed by atoms with E-state index in [-0.39, 0.29) is 6.03 Å². The number of hydrogen-bond donors (Lipinski definition) is 2. The van der Waals surface area contributed by atoms with E-state index in [9.17, 15) is 4.79 Å². The van der Waals surface area contributed by atoms with Crippen LogP contribution in [0.2, 0.25) is 0 Å². The van der Waals surface area contributed by atoms with Crippen molar-refractivity contribution in [3.63, 3.8) is 0 Å². The number of methoxy groups -OCH3 is 1. The molecule has 1 fully saturated rings. The number of urea groups is 1. The molecule has 0 spiro atoms. The highest BCUT2D eigenvalue weighted by molar-refractivity contribution is 5.89. The van der Waals surface area contributed by atoms with E-state index >= 15 is 0 Å². The third-order valence-electron chi connectivity index (χ3n) is 4.33. The van der Waals surface area contributed by atoms with Crippen LogP contribution in [0.5, 0.6) is 5.75 Å². The molecule has 2 amide bonds. The summed E-state index contributed by atoms with van der Waals surface area (Å²) in [6.07, 6.45) is 5.55. The second-order valence-corrected chi connectivity index (χ2v) is 6.05. The largest absolute Gasteiger partial charge is 0.497 e. The van der Waals surface area contributed by atoms with E-state index in [1.54, 1.807) is 25.6 Å². The number of nitrogens with one attached hydrogen (secondary N) is 2. The Bertz CT molecular complexity index is 687. The Kier molecular flexibility index (Phi) is 5.66. The standard InChI is InChI=1S/C18H23N5O2/c1-25-16-5-2-4-15(12-16)22-18(24)21-13-14-6-10-23(11-7-14)17-19-8-3-9-20-17/h2-5,8-9,12,14H,6-7,10-11,13H2,1H3,(H2,21,22,24). The number of anilines is 2. The van der Waals surface area contributed by atoms with Crippen LogP contribution in [0.15, 0.2) is 42.7 Å². The van der Waals surface area contributed by atoms with Gasteiger partial charge >= 0.3 is 6.03 Å². The number of rotatable bonds is 5. The maximum Gasteiger partial charge on any atom is 0.319 e. The Morgan fingerprint density at radius 2 is 2.00 bits per heavy atom. The van der Waals surface area contributed by atoms with Gasteiger partial charge in [-0.2, -0.15) is 0 Å². The predicted octanol–water partition coefficient (Wildman–Crippen LogP) is 2.52. The molecule has 132 valence electrons. The van der Waals surface area contributed by atoms with Gasteiger partial charge in [0.25, 0.3) is 0 Å². The topological polar surface area (TPSA) is 79.4 Å². The van der Waals surface area contributed by atoms with Crippen molar-refractivity contribution in [2.24, 2.45) is 5.92 Å². The van der Waals surface area contributed by atoms with Crippen LogP contribution in [0.25, 0.3) is 0 Å². The Hall–Kier alpha value is -2.83. The summed E-state index contributed by atoms with van der Waals surface area (Å²) in [5, 5.41) is 5.78. The molecule has 1 aromatic heterocycles. The van der Waals surface area contributed by atoms with Crippen molar-refractivity contribution in [3.05, 3.63) is 42.7 Å². The summed E-state index contributed by atoms with van der Waals surface area (Å²) in [5.41, 5.74) is 0.716. The number of piperidine rings is 1. The van der Waals surface area contributed by atoms with Crippen LogP contribution in [0.3, 0.4) is 0 Å². The number of carbonyl (C=O) groups is 1. The second-order valence-electron chi connectivity index (χ2n) is 6.05. The Morgan fingerprint density at radius 1 is 1.24 bits per heavy atom. The van der Waals surface area contributed by atoms with Crippen molar-refractivity contribution in [1.82, 2.24) is 15.3 Å². The number of benzene rings is 1. The van der Waals surface area contributed by atoms with E-state index in [1.165, 1.54) is 0 Å². The average molecular weight is 341 g/mol. The predicted molar refractivity (Wildman–Crippen MR) is 97.0 cm³/mol. The quantitative estimate of drug-likeness (QED) is 0.874. The molecule has 0 unspecified atom stereocenters. The average Bonchev–Trinajstić information content (AvgIpc) is 2.67. The highest BCUT2D eigenvalue weighted by Gasteiger charge is 2.21. The van der Waals surface area contributed by atoms with Crippen molar-refractivity contribution >= 4 is 17.7 Å². The normalized spacial score (nSPS) is 14.8. The fourth-order valence-electron chi connectivity index (χ4n) is 2.90. The molecule has 0 radical (unpaired) electrons. The summed E-state index contributed by atoms with van der Waals surface area (Å²) in [7, 11) is 1.60. The Balaban J connectivity index is 1.41. The van der Waals surface area contributed by atoms with Crippen molar-refractivity contribution in [3.8, 4) is 5.75 Å². The lowest BCUT2D eigenvalue weighted by molar-refractivity contribution is 0.248. The van der Waals surface area contributed by atoms with Crippen molar-refractivity contribution in [2.45, 2.75) is 12.8 Å². The summed E-state index contributed by atoms with van der Waals surface area (Å²) in [6.45, 7) is 2.49. The number of ether oxygens (including phenoxy) is 1. The summed E-state index contributed by atoms with van der Waals surface area (Å²) in [5.74, 6) is 1.97. The highest BCUT2D eigenvalue weighted by atomic mass is 16.5. The number of hydrogen-bond acceptors (Lipinski definition) is 5. The minimum Gasteiger partial charge on any atom is -0.497 e. The maximum absolute atomic E-state index is 12.0. The number of amides is 2. The van der Waals surface area contributed by atoms with Crippen LogP contribution in [0.4, 0.5) is 16.4 Å². The number of carbonyl (C=O) groups excluding carboxylic acids is 1. The first-order chi connectivity index (χ1) is 12.2. The van der Waals surface area contributed by atoms with Gasteiger partial charge in [0.1, 0.15) is 5.75 Å². The monoisotopic (exact) mass is 341 g/mol. The zero-order valence-electron chi connectivity index (χ0n) is 14.3. The molecule has 2 N–H and O–H groups in total. The molecule has 1 aliphatic heterocycles. The van der Waals surface area contributed by atoms with Crippen molar-refractivity contribution < 1.29 is 9.53 Å². The van der Waals surface area contributed by atoms with Crippen LogP contribution >= 0.6 is 0 Å². The summed E-state index contributed by atoms with van der Waals surface area (Å²) >= 11 is 0. The van der Waals surface area contributed by atoms with E-state index in [0.29, 0.717) is 23.9 Å². The van der Waals surface area contributed by atoms with Gasteiger partial charge in [0.2, 0.25) is 5.95 Å². The molecule has 0 atom stereocenters. The van der Waals surface area contributed by atoms with Gasteiger partial charge in [-0.25, -0.2) is 14.8 Å². The first-order valence-corrected chi connectivity index (χ1v) is 8.45. The molecule has 0 aliphatic carbocycles. The van der Waals surface area contributed by atoms with Gasteiger partial charge in [0, 0.05) is 43.8 Å². The first kappa shape index (κ1) is 17.0. The van der Waals surface area contributed by atoms with E-state index in [4.69, 9.17) is 4.74 Å². The van der Waals surface area contributed by atoms with Gasteiger partial charge in [0.15, 0.2) is 0 Å². The molecule has 25 heavy (non-hydrogen) atoms. The first-order valence-electron chi connectivity index (χ1n) is 8.45. The fraction of sp³-hybridized carbons (Fsp3) is 0.389. The molecule has 1 aromatic carbocycles.